The first-order valence-corrected chi connectivity index (χ1v) is 5.26. The Labute approximate surface area is 98.2 Å². The van der Waals surface area contributed by atoms with Crippen LogP contribution >= 0.6 is 0 Å². The fraction of sp³-hybridized carbons (Fsp3) is 0.364. The van der Waals surface area contributed by atoms with Crippen molar-refractivity contribution in [3.8, 4) is 11.6 Å². The molecular formula is C11H13N3O3. The van der Waals surface area contributed by atoms with Crippen molar-refractivity contribution in [3.05, 3.63) is 23.7 Å². The van der Waals surface area contributed by atoms with Gasteiger partial charge in [-0.1, -0.05) is 0 Å². The van der Waals surface area contributed by atoms with Crippen LogP contribution in [0, 0.1) is 6.92 Å². The van der Waals surface area contributed by atoms with E-state index < -0.39 is 5.97 Å². The van der Waals surface area contributed by atoms with E-state index in [0.717, 1.165) is 0 Å². The number of hydrogen-bond donors (Lipinski definition) is 0. The third-order valence-corrected chi connectivity index (χ3v) is 2.31. The summed E-state index contributed by atoms with van der Waals surface area (Å²) in [5.41, 5.74) is 0.923. The molecule has 6 heteroatoms. The van der Waals surface area contributed by atoms with Crippen molar-refractivity contribution < 1.29 is 13.9 Å². The van der Waals surface area contributed by atoms with Gasteiger partial charge in [0.2, 0.25) is 5.89 Å². The molecule has 0 fully saturated rings. The molecule has 2 heterocycles. The second-order valence-corrected chi connectivity index (χ2v) is 3.48. The standard InChI is InChI=1S/C11H13N3O3/c1-4-16-11(15)9-7(2)17-10(13-9)8-5-6-12-14(8)3/h5-6H,4H2,1-3H3. The van der Waals surface area contributed by atoms with Crippen molar-refractivity contribution in [1.82, 2.24) is 14.8 Å². The molecule has 2 aromatic rings. The predicted molar refractivity (Wildman–Crippen MR) is 59.4 cm³/mol. The minimum atomic E-state index is -0.470. The molecule has 6 nitrogen and oxygen atoms in total. The Bertz CT molecular complexity index is 542. The highest BCUT2D eigenvalue weighted by molar-refractivity contribution is 5.88. The van der Waals surface area contributed by atoms with E-state index in [4.69, 9.17) is 9.15 Å². The van der Waals surface area contributed by atoms with Crippen LogP contribution < -0.4 is 0 Å². The van der Waals surface area contributed by atoms with Crippen LogP contribution in [0.1, 0.15) is 23.2 Å². The number of aromatic nitrogens is 3. The second kappa shape index (κ2) is 4.40. The minimum Gasteiger partial charge on any atom is -0.461 e. The SMILES string of the molecule is CCOC(=O)c1nc(-c2ccnn2C)oc1C. The fourth-order valence-corrected chi connectivity index (χ4v) is 1.48. The van der Waals surface area contributed by atoms with E-state index in [9.17, 15) is 4.79 Å². The minimum absolute atomic E-state index is 0.211. The number of carbonyl (C=O) groups excluding carboxylic acids is 1. The zero-order valence-electron chi connectivity index (χ0n) is 9.93. The van der Waals surface area contributed by atoms with Crippen LogP contribution in [-0.2, 0) is 11.8 Å². The molecule has 0 aromatic carbocycles. The monoisotopic (exact) mass is 235 g/mol. The van der Waals surface area contributed by atoms with Crippen molar-refractivity contribution in [2.45, 2.75) is 13.8 Å². The van der Waals surface area contributed by atoms with Crippen molar-refractivity contribution >= 4 is 5.97 Å². The highest BCUT2D eigenvalue weighted by Gasteiger charge is 2.20. The maximum absolute atomic E-state index is 11.6. The number of esters is 1. The average Bonchev–Trinajstić information content (AvgIpc) is 2.84. The van der Waals surface area contributed by atoms with Gasteiger partial charge in [0, 0.05) is 13.2 Å². The second-order valence-electron chi connectivity index (χ2n) is 3.48. The van der Waals surface area contributed by atoms with Crippen LogP contribution in [0.4, 0.5) is 0 Å². The summed E-state index contributed by atoms with van der Waals surface area (Å²) in [6.07, 6.45) is 1.64. The molecule has 90 valence electrons. The molecule has 0 radical (unpaired) electrons. The predicted octanol–water partition coefficient (Wildman–Crippen LogP) is 1.56. The molecule has 0 unspecified atom stereocenters. The Morgan fingerprint density at radius 2 is 2.35 bits per heavy atom. The van der Waals surface area contributed by atoms with E-state index in [1.165, 1.54) is 0 Å². The van der Waals surface area contributed by atoms with Gasteiger partial charge in [-0.2, -0.15) is 5.10 Å². The molecule has 0 spiro atoms. The first kappa shape index (κ1) is 11.4. The van der Waals surface area contributed by atoms with Gasteiger partial charge in [0.05, 0.1) is 6.61 Å². The maximum atomic E-state index is 11.6. The molecule has 0 aliphatic carbocycles. The lowest BCUT2D eigenvalue weighted by Crippen LogP contribution is -2.06. The number of aryl methyl sites for hydroxylation is 2. The van der Waals surface area contributed by atoms with Gasteiger partial charge in [-0.05, 0) is 19.9 Å². The third-order valence-electron chi connectivity index (χ3n) is 2.31. The Hall–Kier alpha value is -2.11. The van der Waals surface area contributed by atoms with Crippen LogP contribution in [0.5, 0.6) is 0 Å². The highest BCUT2D eigenvalue weighted by Crippen LogP contribution is 2.21. The Kier molecular flexibility index (Phi) is 2.95. The van der Waals surface area contributed by atoms with E-state index in [1.807, 2.05) is 0 Å². The molecule has 0 atom stereocenters. The molecule has 0 aliphatic rings. The fourth-order valence-electron chi connectivity index (χ4n) is 1.48. The normalized spacial score (nSPS) is 10.5. The quantitative estimate of drug-likeness (QED) is 0.755. The number of carbonyl (C=O) groups is 1. The third kappa shape index (κ3) is 2.06. The number of rotatable bonds is 3. The summed E-state index contributed by atoms with van der Waals surface area (Å²) in [5.74, 6) is 0.340. The molecule has 0 saturated carbocycles. The number of nitrogens with zero attached hydrogens (tertiary/aromatic N) is 3. The largest absolute Gasteiger partial charge is 0.461 e. The van der Waals surface area contributed by atoms with Crippen molar-refractivity contribution in [2.75, 3.05) is 6.61 Å². The van der Waals surface area contributed by atoms with Gasteiger partial charge >= 0.3 is 5.97 Å². The van der Waals surface area contributed by atoms with Gasteiger partial charge in [-0.25, -0.2) is 9.78 Å². The molecule has 2 aromatic heterocycles. The van der Waals surface area contributed by atoms with Crippen LogP contribution in [0.15, 0.2) is 16.7 Å². The van der Waals surface area contributed by atoms with Crippen LogP contribution in [0.3, 0.4) is 0 Å². The molecule has 0 bridgehead atoms. The van der Waals surface area contributed by atoms with E-state index in [1.54, 1.807) is 37.8 Å². The summed E-state index contributed by atoms with van der Waals surface area (Å²) in [6.45, 7) is 3.74. The van der Waals surface area contributed by atoms with E-state index in [2.05, 4.69) is 10.1 Å². The van der Waals surface area contributed by atoms with Gasteiger partial charge in [-0.15, -0.1) is 0 Å². The van der Waals surface area contributed by atoms with Crippen molar-refractivity contribution in [1.29, 1.82) is 0 Å². The maximum Gasteiger partial charge on any atom is 0.360 e. The Morgan fingerprint density at radius 1 is 1.59 bits per heavy atom. The lowest BCUT2D eigenvalue weighted by atomic mass is 10.4. The van der Waals surface area contributed by atoms with Crippen LogP contribution in [0.2, 0.25) is 0 Å². The number of ether oxygens (including phenoxy) is 1. The van der Waals surface area contributed by atoms with Crippen molar-refractivity contribution in [3.63, 3.8) is 0 Å². The molecule has 0 saturated heterocycles. The summed E-state index contributed by atoms with van der Waals surface area (Å²) in [6, 6.07) is 1.76. The highest BCUT2D eigenvalue weighted by atomic mass is 16.5. The summed E-state index contributed by atoms with van der Waals surface area (Å²) in [4.78, 5) is 15.7. The van der Waals surface area contributed by atoms with Crippen LogP contribution in [-0.4, -0.2) is 27.3 Å². The van der Waals surface area contributed by atoms with E-state index in [-0.39, 0.29) is 5.69 Å². The number of oxazole rings is 1. The lowest BCUT2D eigenvalue weighted by molar-refractivity contribution is 0.0518. The zero-order chi connectivity index (χ0) is 12.4. The summed E-state index contributed by atoms with van der Waals surface area (Å²) in [7, 11) is 1.78. The summed E-state index contributed by atoms with van der Waals surface area (Å²) >= 11 is 0. The van der Waals surface area contributed by atoms with E-state index >= 15 is 0 Å². The molecule has 0 aliphatic heterocycles. The smallest absolute Gasteiger partial charge is 0.360 e. The van der Waals surface area contributed by atoms with Crippen molar-refractivity contribution in [2.24, 2.45) is 7.05 Å². The lowest BCUT2D eigenvalue weighted by Gasteiger charge is -1.96. The Morgan fingerprint density at radius 3 is 2.94 bits per heavy atom. The molecule has 0 N–H and O–H groups in total. The Balaban J connectivity index is 2.37. The van der Waals surface area contributed by atoms with Gasteiger partial charge in [0.25, 0.3) is 0 Å². The first-order chi connectivity index (χ1) is 8.13. The molecule has 2 rings (SSSR count). The molecular weight excluding hydrogens is 222 g/mol. The summed E-state index contributed by atoms with van der Waals surface area (Å²) < 4.78 is 11.9. The van der Waals surface area contributed by atoms with E-state index in [0.29, 0.717) is 24.0 Å². The first-order valence-electron chi connectivity index (χ1n) is 5.26. The number of hydrogen-bond acceptors (Lipinski definition) is 5. The average molecular weight is 235 g/mol. The molecule has 17 heavy (non-hydrogen) atoms. The van der Waals surface area contributed by atoms with Crippen LogP contribution in [0.25, 0.3) is 11.6 Å². The summed E-state index contributed by atoms with van der Waals surface area (Å²) in [5, 5.41) is 4.01. The van der Waals surface area contributed by atoms with Gasteiger partial charge in [0.1, 0.15) is 11.5 Å². The van der Waals surface area contributed by atoms with Gasteiger partial charge in [0.15, 0.2) is 5.69 Å². The topological polar surface area (TPSA) is 70.2 Å². The zero-order valence-corrected chi connectivity index (χ0v) is 9.93. The van der Waals surface area contributed by atoms with Gasteiger partial charge in [-0.3, -0.25) is 4.68 Å². The molecule has 0 amide bonds. The van der Waals surface area contributed by atoms with Gasteiger partial charge < -0.3 is 9.15 Å².